The lowest BCUT2D eigenvalue weighted by Crippen LogP contribution is -2.00. The smallest absolute Gasteiger partial charge is 0.0543 e. The van der Waals surface area contributed by atoms with Crippen LogP contribution in [-0.4, -0.2) is 8.42 Å². The van der Waals surface area contributed by atoms with Crippen LogP contribution < -0.4 is 0 Å². The molecule has 0 unspecified atom stereocenters. The van der Waals surface area contributed by atoms with E-state index in [1.165, 1.54) is 0 Å². The summed E-state index contributed by atoms with van der Waals surface area (Å²) in [5.41, 5.74) is 0. The Morgan fingerprint density at radius 1 is 1.08 bits per heavy atom. The molecule has 3 heteroatoms. The zero-order chi connectivity index (χ0) is 8.60. The largest absolute Gasteiger partial charge is 0.257 e. The van der Waals surface area contributed by atoms with Crippen molar-refractivity contribution < 1.29 is 8.42 Å². The third-order valence-corrected chi connectivity index (χ3v) is 3.95. The Bertz CT molecular complexity index is 363. The summed E-state index contributed by atoms with van der Waals surface area (Å²) in [6.07, 6.45) is 1.49. The van der Waals surface area contributed by atoms with Crippen molar-refractivity contribution >= 4 is 9.84 Å². The Morgan fingerprint density at radius 3 is 2.17 bits per heavy atom. The molecule has 1 aliphatic carbocycles. The molecule has 1 saturated carbocycles. The van der Waals surface area contributed by atoms with Crippen molar-refractivity contribution in [2.45, 2.75) is 17.7 Å². The molecule has 0 atom stereocenters. The molecule has 0 spiro atoms. The van der Waals surface area contributed by atoms with Crippen LogP contribution in [0.2, 0.25) is 0 Å². The van der Waals surface area contributed by atoms with Crippen LogP contribution in [0.15, 0.2) is 35.2 Å². The van der Waals surface area contributed by atoms with E-state index in [2.05, 4.69) is 0 Å². The van der Waals surface area contributed by atoms with Gasteiger partial charge < -0.3 is 0 Å². The van der Waals surface area contributed by atoms with Gasteiger partial charge in [0, 0.05) is 4.90 Å². The van der Waals surface area contributed by atoms with E-state index in [4.69, 9.17) is 0 Å². The molecule has 0 heterocycles. The van der Waals surface area contributed by atoms with Gasteiger partial charge in [-0.15, -0.1) is 0 Å². The fraction of sp³-hybridized carbons (Fsp3) is 0.222. The second-order valence-corrected chi connectivity index (χ2v) is 4.91. The van der Waals surface area contributed by atoms with Crippen LogP contribution in [0.25, 0.3) is 0 Å². The van der Waals surface area contributed by atoms with Gasteiger partial charge in [0.25, 0.3) is 0 Å². The normalized spacial score (nSPS) is 17.7. The summed E-state index contributed by atoms with van der Waals surface area (Å²) in [6, 6.07) is 8.59. The molecule has 64 valence electrons. The number of hydrogen-bond donors (Lipinski definition) is 0. The molecule has 1 aliphatic rings. The van der Waals surface area contributed by atoms with Crippen LogP contribution in [0.4, 0.5) is 0 Å². The first-order valence-corrected chi connectivity index (χ1v) is 5.34. The third-order valence-electron chi connectivity index (χ3n) is 1.89. The molecular weight excluding hydrogens is 172 g/mol. The Labute approximate surface area is 72.1 Å². The molecule has 0 aromatic heterocycles. The van der Waals surface area contributed by atoms with Crippen molar-refractivity contribution in [2.24, 2.45) is 0 Å². The molecule has 1 aromatic carbocycles. The predicted octanol–water partition coefficient (Wildman–Crippen LogP) is 1.79. The van der Waals surface area contributed by atoms with E-state index in [0.29, 0.717) is 10.1 Å². The Hall–Kier alpha value is -0.830. The standard InChI is InChI=1S/C9H9O2S/c10-12(11,9-6-7-9)8-4-2-1-3-5-8/h1-5H,6-7H2/q-1. The molecular formula is C9H9O2S-. The van der Waals surface area contributed by atoms with E-state index >= 15 is 0 Å². The third kappa shape index (κ3) is 1.25. The Morgan fingerprint density at radius 2 is 1.67 bits per heavy atom. The van der Waals surface area contributed by atoms with E-state index in [0.717, 1.165) is 12.8 Å². The molecule has 0 saturated heterocycles. The van der Waals surface area contributed by atoms with Crippen molar-refractivity contribution in [2.75, 3.05) is 0 Å². The van der Waals surface area contributed by atoms with Crippen LogP contribution in [0.5, 0.6) is 0 Å². The number of rotatable bonds is 2. The van der Waals surface area contributed by atoms with E-state index in [1.807, 2.05) is 6.07 Å². The maximum Gasteiger partial charge on any atom is 0.0543 e. The maximum atomic E-state index is 11.6. The summed E-state index contributed by atoms with van der Waals surface area (Å²) in [7, 11) is -3.05. The monoisotopic (exact) mass is 181 g/mol. The van der Waals surface area contributed by atoms with Gasteiger partial charge >= 0.3 is 0 Å². The lowest BCUT2D eigenvalue weighted by atomic mass is 10.4. The predicted molar refractivity (Wildman–Crippen MR) is 46.1 cm³/mol. The average molecular weight is 181 g/mol. The number of sulfone groups is 1. The van der Waals surface area contributed by atoms with E-state index in [9.17, 15) is 8.42 Å². The highest BCUT2D eigenvalue weighted by Crippen LogP contribution is 2.41. The van der Waals surface area contributed by atoms with Crippen LogP contribution in [0, 0.1) is 5.25 Å². The van der Waals surface area contributed by atoms with Gasteiger partial charge in [0.2, 0.25) is 0 Å². The highest BCUT2D eigenvalue weighted by atomic mass is 32.2. The van der Waals surface area contributed by atoms with Gasteiger partial charge in [-0.1, -0.05) is 18.2 Å². The minimum atomic E-state index is -3.05. The first-order chi connectivity index (χ1) is 5.71. The van der Waals surface area contributed by atoms with Gasteiger partial charge in [0.15, 0.2) is 0 Å². The lowest BCUT2D eigenvalue weighted by Gasteiger charge is -2.09. The van der Waals surface area contributed by atoms with Crippen molar-refractivity contribution in [1.82, 2.24) is 0 Å². The minimum absolute atomic E-state index is 0.428. The van der Waals surface area contributed by atoms with Crippen molar-refractivity contribution in [1.29, 1.82) is 0 Å². The summed E-state index contributed by atoms with van der Waals surface area (Å²) < 4.78 is 23.1. The van der Waals surface area contributed by atoms with Crippen molar-refractivity contribution in [3.05, 3.63) is 35.6 Å². The lowest BCUT2D eigenvalue weighted by molar-refractivity contribution is 0.600. The fourth-order valence-corrected chi connectivity index (χ4v) is 2.57. The van der Waals surface area contributed by atoms with Crippen molar-refractivity contribution in [3.8, 4) is 0 Å². The summed E-state index contributed by atoms with van der Waals surface area (Å²) in [5, 5.41) is 0.675. The average Bonchev–Trinajstić information content (AvgIpc) is 2.88. The van der Waals surface area contributed by atoms with E-state index in [-0.39, 0.29) is 0 Å². The van der Waals surface area contributed by atoms with Crippen molar-refractivity contribution in [3.63, 3.8) is 0 Å². The zero-order valence-corrected chi connectivity index (χ0v) is 7.34. The second kappa shape index (κ2) is 2.59. The van der Waals surface area contributed by atoms with Gasteiger partial charge in [0.1, 0.15) is 0 Å². The maximum absolute atomic E-state index is 11.6. The molecule has 0 aliphatic heterocycles. The Kier molecular flexibility index (Phi) is 1.68. The van der Waals surface area contributed by atoms with Gasteiger partial charge in [-0.3, -0.25) is 8.42 Å². The second-order valence-electron chi connectivity index (χ2n) is 2.86. The van der Waals surface area contributed by atoms with Gasteiger partial charge in [0.05, 0.1) is 9.84 Å². The minimum Gasteiger partial charge on any atom is -0.257 e. The molecule has 2 nitrogen and oxygen atoms in total. The molecule has 0 radical (unpaired) electrons. The Balaban J connectivity index is 2.42. The molecule has 1 fully saturated rings. The number of hydrogen-bond acceptors (Lipinski definition) is 2. The molecule has 2 rings (SSSR count). The van der Waals surface area contributed by atoms with Crippen LogP contribution >= 0.6 is 0 Å². The number of benzene rings is 1. The molecule has 0 N–H and O–H groups in total. The first kappa shape index (κ1) is 7.80. The zero-order valence-electron chi connectivity index (χ0n) is 6.53. The summed E-state index contributed by atoms with van der Waals surface area (Å²) in [4.78, 5) is 0.428. The van der Waals surface area contributed by atoms with Gasteiger partial charge in [-0.05, 0) is 12.1 Å². The molecule has 0 bridgehead atoms. The summed E-state index contributed by atoms with van der Waals surface area (Å²) in [6.45, 7) is 0. The quantitative estimate of drug-likeness (QED) is 0.652. The molecule has 12 heavy (non-hydrogen) atoms. The van der Waals surface area contributed by atoms with Gasteiger partial charge in [-0.25, -0.2) is 0 Å². The highest BCUT2D eigenvalue weighted by molar-refractivity contribution is 7.94. The SMILES string of the molecule is O=S(=O)(c1ccccc1)[C-]1CC1. The van der Waals surface area contributed by atoms with Gasteiger partial charge in [-0.2, -0.15) is 18.1 Å². The highest BCUT2D eigenvalue weighted by Gasteiger charge is 2.21. The van der Waals surface area contributed by atoms with Crippen LogP contribution in [0.1, 0.15) is 12.8 Å². The summed E-state index contributed by atoms with van der Waals surface area (Å²) in [5.74, 6) is 0. The summed E-state index contributed by atoms with van der Waals surface area (Å²) >= 11 is 0. The van der Waals surface area contributed by atoms with E-state index in [1.54, 1.807) is 24.3 Å². The molecule has 0 amide bonds. The topological polar surface area (TPSA) is 34.1 Å². The van der Waals surface area contributed by atoms with Crippen LogP contribution in [0.3, 0.4) is 0 Å². The molecule has 1 aromatic rings. The first-order valence-electron chi connectivity index (χ1n) is 3.86. The van der Waals surface area contributed by atoms with E-state index < -0.39 is 9.84 Å². The van der Waals surface area contributed by atoms with Crippen LogP contribution in [-0.2, 0) is 9.84 Å². The fourth-order valence-electron chi connectivity index (χ4n) is 1.09.